The van der Waals surface area contributed by atoms with E-state index in [9.17, 15) is 9.59 Å². The lowest BCUT2D eigenvalue weighted by molar-refractivity contribution is -0.140. The molecule has 3 rings (SSSR count). The van der Waals surface area contributed by atoms with Gasteiger partial charge in [-0.3, -0.25) is 19.5 Å². The zero-order valence-electron chi connectivity index (χ0n) is 15.8. The number of amides is 2. The van der Waals surface area contributed by atoms with Gasteiger partial charge in [0.2, 0.25) is 11.8 Å². The highest BCUT2D eigenvalue weighted by molar-refractivity contribution is 5.89. The Hall–Kier alpha value is -2.39. The standard InChI is InChI=1S/C21H28N4O2/c1-2-12-25(18-8-4-3-5-9-18)20(26)14-19-21(27)23-11-13-24(19)16-17-7-6-10-22-15-17/h1,6-7,10,15,18-19H,3-5,8-9,11-14,16H2,(H,23,27)/t19-/m0/s1. The van der Waals surface area contributed by atoms with Crippen LogP contribution in [0, 0.1) is 12.3 Å². The molecule has 2 heterocycles. The molecule has 2 fully saturated rings. The van der Waals surface area contributed by atoms with Crippen molar-refractivity contribution in [3.63, 3.8) is 0 Å². The quantitative estimate of drug-likeness (QED) is 0.774. The first-order valence-electron chi connectivity index (χ1n) is 9.82. The number of piperazine rings is 1. The predicted molar refractivity (Wildman–Crippen MR) is 103 cm³/mol. The highest BCUT2D eigenvalue weighted by atomic mass is 16.2. The number of terminal acetylenes is 1. The van der Waals surface area contributed by atoms with Gasteiger partial charge in [0.25, 0.3) is 0 Å². The van der Waals surface area contributed by atoms with E-state index in [0.29, 0.717) is 19.6 Å². The number of aromatic nitrogens is 1. The Morgan fingerprint density at radius 3 is 2.89 bits per heavy atom. The average molecular weight is 368 g/mol. The summed E-state index contributed by atoms with van der Waals surface area (Å²) in [6.45, 7) is 2.25. The summed E-state index contributed by atoms with van der Waals surface area (Å²) in [6.07, 6.45) is 14.7. The van der Waals surface area contributed by atoms with Crippen molar-refractivity contribution < 1.29 is 9.59 Å². The van der Waals surface area contributed by atoms with Crippen LogP contribution < -0.4 is 5.32 Å². The Balaban J connectivity index is 1.69. The first kappa shape index (κ1) is 19.4. The van der Waals surface area contributed by atoms with Crippen LogP contribution in [0.4, 0.5) is 0 Å². The number of nitrogens with zero attached hydrogens (tertiary/aromatic N) is 3. The summed E-state index contributed by atoms with van der Waals surface area (Å²) in [5.41, 5.74) is 1.04. The first-order valence-corrected chi connectivity index (χ1v) is 9.82. The second kappa shape index (κ2) is 9.52. The SMILES string of the molecule is C#CCN(C(=O)C[C@H]1C(=O)NCCN1Cc1cccnc1)C1CCCCC1. The minimum atomic E-state index is -0.463. The summed E-state index contributed by atoms with van der Waals surface area (Å²) in [6, 6.07) is 3.62. The molecule has 1 saturated carbocycles. The van der Waals surface area contributed by atoms with Gasteiger partial charge in [0.1, 0.15) is 0 Å². The number of carbonyl (C=O) groups excluding carboxylic acids is 2. The maximum Gasteiger partial charge on any atom is 0.237 e. The van der Waals surface area contributed by atoms with E-state index in [2.05, 4.69) is 21.1 Å². The maximum absolute atomic E-state index is 13.1. The predicted octanol–water partition coefficient (Wildman–Crippen LogP) is 1.57. The number of hydrogen-bond acceptors (Lipinski definition) is 4. The van der Waals surface area contributed by atoms with Gasteiger partial charge in [0.05, 0.1) is 19.0 Å². The van der Waals surface area contributed by atoms with Crippen molar-refractivity contribution >= 4 is 11.8 Å². The lowest BCUT2D eigenvalue weighted by Gasteiger charge is -2.38. The van der Waals surface area contributed by atoms with Gasteiger partial charge >= 0.3 is 0 Å². The normalized spacial score (nSPS) is 21.3. The number of rotatable bonds is 6. The fourth-order valence-corrected chi connectivity index (χ4v) is 4.09. The van der Waals surface area contributed by atoms with E-state index in [4.69, 9.17) is 6.42 Å². The summed E-state index contributed by atoms with van der Waals surface area (Å²) in [5.74, 6) is 2.53. The van der Waals surface area contributed by atoms with E-state index < -0.39 is 6.04 Å². The van der Waals surface area contributed by atoms with E-state index in [1.54, 1.807) is 12.4 Å². The van der Waals surface area contributed by atoms with Gasteiger partial charge in [-0.05, 0) is 24.5 Å². The topological polar surface area (TPSA) is 65.5 Å². The fourth-order valence-electron chi connectivity index (χ4n) is 4.09. The van der Waals surface area contributed by atoms with Crippen molar-refractivity contribution in [2.75, 3.05) is 19.6 Å². The van der Waals surface area contributed by atoms with Crippen LogP contribution in [0.2, 0.25) is 0 Å². The van der Waals surface area contributed by atoms with Crippen molar-refractivity contribution in [2.45, 2.75) is 57.2 Å². The minimum Gasteiger partial charge on any atom is -0.353 e. The molecule has 1 N–H and O–H groups in total. The van der Waals surface area contributed by atoms with E-state index in [1.807, 2.05) is 17.0 Å². The van der Waals surface area contributed by atoms with Crippen molar-refractivity contribution in [3.8, 4) is 12.3 Å². The Morgan fingerprint density at radius 1 is 1.37 bits per heavy atom. The molecule has 1 atom stereocenters. The Kier molecular flexibility index (Phi) is 6.83. The van der Waals surface area contributed by atoms with E-state index in [1.165, 1.54) is 6.42 Å². The number of hydrogen-bond donors (Lipinski definition) is 1. The van der Waals surface area contributed by atoms with Crippen molar-refractivity contribution in [1.82, 2.24) is 20.1 Å². The van der Waals surface area contributed by atoms with Gasteiger partial charge < -0.3 is 10.2 Å². The number of nitrogens with one attached hydrogen (secondary N) is 1. The molecule has 0 unspecified atom stereocenters. The molecule has 0 radical (unpaired) electrons. The van der Waals surface area contributed by atoms with Gasteiger partial charge in [-0.2, -0.15) is 0 Å². The third kappa shape index (κ3) is 5.08. The average Bonchev–Trinajstić information content (AvgIpc) is 2.70. The molecule has 1 saturated heterocycles. The fraction of sp³-hybridized carbons (Fsp3) is 0.571. The van der Waals surface area contributed by atoms with Crippen molar-refractivity contribution in [2.24, 2.45) is 0 Å². The third-order valence-corrected chi connectivity index (χ3v) is 5.52. The zero-order valence-corrected chi connectivity index (χ0v) is 15.8. The lowest BCUT2D eigenvalue weighted by Crippen LogP contribution is -2.56. The zero-order chi connectivity index (χ0) is 19.1. The first-order chi connectivity index (χ1) is 13.2. The second-order valence-electron chi connectivity index (χ2n) is 7.36. The van der Waals surface area contributed by atoms with Gasteiger partial charge in [-0.1, -0.05) is 31.2 Å². The molecule has 1 aromatic heterocycles. The summed E-state index contributed by atoms with van der Waals surface area (Å²) in [4.78, 5) is 33.6. The van der Waals surface area contributed by atoms with E-state index in [-0.39, 0.29) is 24.3 Å². The summed E-state index contributed by atoms with van der Waals surface area (Å²) in [5, 5.41) is 2.90. The molecular weight excluding hydrogens is 340 g/mol. The van der Waals surface area contributed by atoms with Crippen LogP contribution in [0.25, 0.3) is 0 Å². The van der Waals surface area contributed by atoms with Gasteiger partial charge in [0, 0.05) is 38.1 Å². The van der Waals surface area contributed by atoms with E-state index in [0.717, 1.165) is 37.8 Å². The molecule has 1 aliphatic carbocycles. The molecular formula is C21H28N4O2. The molecule has 27 heavy (non-hydrogen) atoms. The Bertz CT molecular complexity index is 679. The van der Waals surface area contributed by atoms with Crippen LogP contribution >= 0.6 is 0 Å². The maximum atomic E-state index is 13.1. The van der Waals surface area contributed by atoms with Gasteiger partial charge in [-0.25, -0.2) is 0 Å². The van der Waals surface area contributed by atoms with Crippen LogP contribution in [0.15, 0.2) is 24.5 Å². The van der Waals surface area contributed by atoms with Crippen molar-refractivity contribution in [1.29, 1.82) is 0 Å². The molecule has 0 spiro atoms. The summed E-state index contributed by atoms with van der Waals surface area (Å²) >= 11 is 0. The molecule has 6 nitrogen and oxygen atoms in total. The molecule has 6 heteroatoms. The van der Waals surface area contributed by atoms with E-state index >= 15 is 0 Å². The van der Waals surface area contributed by atoms with Crippen molar-refractivity contribution in [3.05, 3.63) is 30.1 Å². The molecule has 1 aromatic rings. The third-order valence-electron chi connectivity index (χ3n) is 5.52. The number of pyridine rings is 1. The van der Waals surface area contributed by atoms with Gasteiger partial charge in [0.15, 0.2) is 0 Å². The Morgan fingerprint density at radius 2 is 2.19 bits per heavy atom. The molecule has 0 bridgehead atoms. The summed E-state index contributed by atoms with van der Waals surface area (Å²) < 4.78 is 0. The molecule has 2 aliphatic rings. The molecule has 1 aliphatic heterocycles. The largest absolute Gasteiger partial charge is 0.353 e. The lowest BCUT2D eigenvalue weighted by atomic mass is 9.93. The van der Waals surface area contributed by atoms with Crippen LogP contribution in [0.3, 0.4) is 0 Å². The number of carbonyl (C=O) groups is 2. The monoisotopic (exact) mass is 368 g/mol. The Labute approximate surface area is 161 Å². The highest BCUT2D eigenvalue weighted by Gasteiger charge is 2.34. The minimum absolute atomic E-state index is 0.0157. The second-order valence-corrected chi connectivity index (χ2v) is 7.36. The summed E-state index contributed by atoms with van der Waals surface area (Å²) in [7, 11) is 0. The highest BCUT2D eigenvalue weighted by Crippen LogP contribution is 2.24. The smallest absolute Gasteiger partial charge is 0.237 e. The van der Waals surface area contributed by atoms with Crippen LogP contribution in [-0.4, -0.2) is 58.3 Å². The van der Waals surface area contributed by atoms with Crippen LogP contribution in [-0.2, 0) is 16.1 Å². The molecule has 144 valence electrons. The molecule has 0 aromatic carbocycles. The van der Waals surface area contributed by atoms with Crippen LogP contribution in [0.1, 0.15) is 44.1 Å². The molecule has 2 amide bonds. The van der Waals surface area contributed by atoms with Gasteiger partial charge in [-0.15, -0.1) is 6.42 Å². The van der Waals surface area contributed by atoms with Crippen LogP contribution in [0.5, 0.6) is 0 Å².